The van der Waals surface area contributed by atoms with Crippen molar-refractivity contribution < 1.29 is 9.84 Å². The Labute approximate surface area is 108 Å². The van der Waals surface area contributed by atoms with Gasteiger partial charge in [0.15, 0.2) is 0 Å². The summed E-state index contributed by atoms with van der Waals surface area (Å²) >= 11 is 0. The summed E-state index contributed by atoms with van der Waals surface area (Å²) in [6.45, 7) is 3.10. The Morgan fingerprint density at radius 3 is 2.44 bits per heavy atom. The third kappa shape index (κ3) is 2.40. The molecule has 0 amide bonds. The maximum atomic E-state index is 10.6. The zero-order valence-electron chi connectivity index (χ0n) is 10.7. The summed E-state index contributed by atoms with van der Waals surface area (Å²) in [4.78, 5) is 0. The third-order valence-corrected chi connectivity index (χ3v) is 3.97. The molecule has 0 bridgehead atoms. The van der Waals surface area contributed by atoms with Gasteiger partial charge in [-0.15, -0.1) is 0 Å². The second-order valence-electron chi connectivity index (χ2n) is 5.02. The zero-order chi connectivity index (χ0) is 13.0. The number of nitriles is 1. The van der Waals surface area contributed by atoms with E-state index >= 15 is 0 Å². The van der Waals surface area contributed by atoms with E-state index in [1.54, 1.807) is 0 Å². The van der Waals surface area contributed by atoms with Gasteiger partial charge in [-0.2, -0.15) is 5.26 Å². The molecular weight excluding hydrogens is 226 g/mol. The summed E-state index contributed by atoms with van der Waals surface area (Å²) in [6, 6.07) is 12.2. The highest BCUT2D eigenvalue weighted by Gasteiger charge is 2.42. The molecule has 2 atom stereocenters. The molecule has 1 heterocycles. The van der Waals surface area contributed by atoms with Gasteiger partial charge in [0.2, 0.25) is 0 Å². The van der Waals surface area contributed by atoms with Crippen LogP contribution in [0.25, 0.3) is 0 Å². The first-order valence-electron chi connectivity index (χ1n) is 6.41. The Morgan fingerprint density at radius 2 is 1.89 bits per heavy atom. The zero-order valence-corrected chi connectivity index (χ0v) is 10.7. The van der Waals surface area contributed by atoms with Gasteiger partial charge in [0.25, 0.3) is 0 Å². The molecular formula is C15H19NO2. The predicted molar refractivity (Wildman–Crippen MR) is 69.0 cm³/mol. The van der Waals surface area contributed by atoms with Crippen LogP contribution in [0.15, 0.2) is 30.3 Å². The number of nitrogens with zero attached hydrogens (tertiary/aromatic N) is 1. The maximum Gasteiger partial charge on any atom is 0.0881 e. The minimum Gasteiger partial charge on any atom is -0.391 e. The monoisotopic (exact) mass is 245 g/mol. The molecule has 1 fully saturated rings. The minimum absolute atomic E-state index is 0.0380. The second kappa shape index (κ2) is 5.51. The van der Waals surface area contributed by atoms with E-state index in [-0.39, 0.29) is 5.92 Å². The van der Waals surface area contributed by atoms with Crippen molar-refractivity contribution in [3.8, 4) is 6.07 Å². The van der Waals surface area contributed by atoms with Crippen molar-refractivity contribution in [1.82, 2.24) is 0 Å². The van der Waals surface area contributed by atoms with Gasteiger partial charge in [0.05, 0.1) is 17.6 Å². The van der Waals surface area contributed by atoms with Gasteiger partial charge < -0.3 is 9.84 Å². The lowest BCUT2D eigenvalue weighted by Gasteiger charge is -2.37. The molecule has 3 nitrogen and oxygen atoms in total. The van der Waals surface area contributed by atoms with Crippen LogP contribution in [0.4, 0.5) is 0 Å². The smallest absolute Gasteiger partial charge is 0.0881 e. The number of benzene rings is 1. The third-order valence-electron chi connectivity index (χ3n) is 3.97. The maximum absolute atomic E-state index is 10.6. The molecule has 1 aromatic carbocycles. The van der Waals surface area contributed by atoms with Crippen molar-refractivity contribution in [3.63, 3.8) is 0 Å². The first-order valence-corrected chi connectivity index (χ1v) is 6.41. The minimum atomic E-state index is -0.659. The molecule has 0 saturated carbocycles. The summed E-state index contributed by atoms with van der Waals surface area (Å²) in [5.41, 5.74) is 0.416. The predicted octanol–water partition coefficient (Wildman–Crippen LogP) is 2.47. The number of aliphatic hydroxyl groups is 1. The van der Waals surface area contributed by atoms with E-state index < -0.39 is 11.5 Å². The van der Waals surface area contributed by atoms with Gasteiger partial charge in [0.1, 0.15) is 0 Å². The fourth-order valence-corrected chi connectivity index (χ4v) is 2.63. The number of hydrogen-bond donors (Lipinski definition) is 1. The van der Waals surface area contributed by atoms with Gasteiger partial charge in [-0.1, -0.05) is 37.3 Å². The number of ether oxygens (including phenoxy) is 1. The van der Waals surface area contributed by atoms with Gasteiger partial charge >= 0.3 is 0 Å². The molecule has 0 radical (unpaired) electrons. The largest absolute Gasteiger partial charge is 0.391 e. The summed E-state index contributed by atoms with van der Waals surface area (Å²) in [5, 5.41) is 20.0. The van der Waals surface area contributed by atoms with Crippen molar-refractivity contribution in [2.24, 2.45) is 5.41 Å². The van der Waals surface area contributed by atoms with Crippen molar-refractivity contribution in [2.75, 3.05) is 13.2 Å². The highest BCUT2D eigenvalue weighted by molar-refractivity contribution is 5.22. The van der Waals surface area contributed by atoms with E-state index in [1.165, 1.54) is 0 Å². The average molecular weight is 245 g/mol. The SMILES string of the molecule is CC(c1ccccc1)C(O)C1(C#N)CCOCC1. The van der Waals surface area contributed by atoms with Crippen molar-refractivity contribution in [3.05, 3.63) is 35.9 Å². The average Bonchev–Trinajstić information content (AvgIpc) is 2.47. The van der Waals surface area contributed by atoms with Crippen LogP contribution in [0, 0.1) is 16.7 Å². The Balaban J connectivity index is 2.19. The molecule has 18 heavy (non-hydrogen) atoms. The van der Waals surface area contributed by atoms with Crippen LogP contribution in [0.5, 0.6) is 0 Å². The van der Waals surface area contributed by atoms with Crippen LogP contribution in [0.1, 0.15) is 31.2 Å². The van der Waals surface area contributed by atoms with Gasteiger partial charge in [-0.3, -0.25) is 0 Å². The van der Waals surface area contributed by atoms with Crippen molar-refractivity contribution in [1.29, 1.82) is 5.26 Å². The number of hydrogen-bond acceptors (Lipinski definition) is 3. The van der Waals surface area contributed by atoms with Crippen molar-refractivity contribution in [2.45, 2.75) is 31.8 Å². The lowest BCUT2D eigenvalue weighted by Crippen LogP contribution is -2.42. The molecule has 1 saturated heterocycles. The topological polar surface area (TPSA) is 53.2 Å². The van der Waals surface area contributed by atoms with Gasteiger partial charge in [-0.25, -0.2) is 0 Å². The Kier molecular flexibility index (Phi) is 4.00. The number of aliphatic hydroxyl groups excluding tert-OH is 1. The standard InChI is InChI=1S/C15H19NO2/c1-12(13-5-3-2-4-6-13)14(17)15(11-16)7-9-18-10-8-15/h2-6,12,14,17H,7-10H2,1H3. The van der Waals surface area contributed by atoms with Crippen LogP contribution in [-0.2, 0) is 4.74 Å². The van der Waals surface area contributed by atoms with Gasteiger partial charge in [-0.05, 0) is 18.4 Å². The van der Waals surface area contributed by atoms with E-state index in [2.05, 4.69) is 6.07 Å². The van der Waals surface area contributed by atoms with E-state index in [0.717, 1.165) is 5.56 Å². The molecule has 2 rings (SSSR count). The Bertz CT molecular complexity index is 418. The molecule has 1 N–H and O–H groups in total. The fraction of sp³-hybridized carbons (Fsp3) is 0.533. The molecule has 3 heteroatoms. The molecule has 96 valence electrons. The fourth-order valence-electron chi connectivity index (χ4n) is 2.63. The Hall–Kier alpha value is -1.37. The first kappa shape index (κ1) is 13.1. The molecule has 2 unspecified atom stereocenters. The quantitative estimate of drug-likeness (QED) is 0.890. The summed E-state index contributed by atoms with van der Waals surface area (Å²) in [6.07, 6.45) is 0.581. The lowest BCUT2D eigenvalue weighted by atomic mass is 9.71. The van der Waals surface area contributed by atoms with E-state index in [9.17, 15) is 10.4 Å². The molecule has 0 aliphatic carbocycles. The first-order chi connectivity index (χ1) is 8.69. The van der Waals surface area contributed by atoms with Gasteiger partial charge in [0, 0.05) is 19.1 Å². The van der Waals surface area contributed by atoms with E-state index in [1.807, 2.05) is 37.3 Å². The Morgan fingerprint density at radius 1 is 1.28 bits per heavy atom. The van der Waals surface area contributed by atoms with Crippen LogP contribution < -0.4 is 0 Å². The second-order valence-corrected chi connectivity index (χ2v) is 5.02. The van der Waals surface area contributed by atoms with Crippen LogP contribution in [0.3, 0.4) is 0 Å². The van der Waals surface area contributed by atoms with Crippen LogP contribution >= 0.6 is 0 Å². The summed E-state index contributed by atoms with van der Waals surface area (Å²) < 4.78 is 5.30. The normalized spacial score (nSPS) is 21.8. The molecule has 0 spiro atoms. The molecule has 1 aromatic rings. The highest BCUT2D eigenvalue weighted by Crippen LogP contribution is 2.39. The molecule has 0 aromatic heterocycles. The van der Waals surface area contributed by atoms with E-state index in [4.69, 9.17) is 4.74 Å². The summed E-state index contributed by atoms with van der Waals surface area (Å²) in [5.74, 6) is -0.0380. The summed E-state index contributed by atoms with van der Waals surface area (Å²) in [7, 11) is 0. The van der Waals surface area contributed by atoms with Crippen LogP contribution in [0.2, 0.25) is 0 Å². The lowest BCUT2D eigenvalue weighted by molar-refractivity contribution is -0.0383. The molecule has 1 aliphatic rings. The van der Waals surface area contributed by atoms with Crippen molar-refractivity contribution >= 4 is 0 Å². The van der Waals surface area contributed by atoms with Crippen LogP contribution in [-0.4, -0.2) is 24.4 Å². The molecule has 1 aliphatic heterocycles. The highest BCUT2D eigenvalue weighted by atomic mass is 16.5. The number of rotatable bonds is 3. The van der Waals surface area contributed by atoms with E-state index in [0.29, 0.717) is 26.1 Å².